The lowest BCUT2D eigenvalue weighted by molar-refractivity contribution is 0.0512. The van der Waals surface area contributed by atoms with E-state index in [0.717, 1.165) is 0 Å². The van der Waals surface area contributed by atoms with Crippen LogP contribution >= 0.6 is 34.8 Å². The van der Waals surface area contributed by atoms with Gasteiger partial charge in [-0.1, -0.05) is 52.1 Å². The van der Waals surface area contributed by atoms with Gasteiger partial charge in [0, 0.05) is 10.6 Å². The van der Waals surface area contributed by atoms with Crippen LogP contribution in [0, 0.1) is 0 Å². The van der Waals surface area contributed by atoms with Crippen molar-refractivity contribution in [1.82, 2.24) is 0 Å². The van der Waals surface area contributed by atoms with Crippen LogP contribution in [0.15, 0.2) is 41.6 Å². The zero-order valence-electron chi connectivity index (χ0n) is 11.8. The van der Waals surface area contributed by atoms with E-state index in [1.807, 2.05) is 0 Å². The summed E-state index contributed by atoms with van der Waals surface area (Å²) in [7, 11) is 1.36. The van der Waals surface area contributed by atoms with Gasteiger partial charge in [-0.15, -0.1) is 0 Å². The second kappa shape index (κ2) is 7.55. The molecule has 23 heavy (non-hydrogen) atoms. The fourth-order valence-electron chi connectivity index (χ4n) is 1.76. The van der Waals surface area contributed by atoms with E-state index in [4.69, 9.17) is 50.1 Å². The minimum absolute atomic E-state index is 0.0158. The monoisotopic (exact) mass is 372 g/mol. The summed E-state index contributed by atoms with van der Waals surface area (Å²) >= 11 is 17.8. The Morgan fingerprint density at radius 1 is 1.13 bits per heavy atom. The molecular formula is C15H11Cl3N2O3. The number of nitrogens with two attached hydrogens (primary N) is 1. The lowest BCUT2D eigenvalue weighted by Crippen LogP contribution is -2.15. The molecule has 0 radical (unpaired) electrons. The summed E-state index contributed by atoms with van der Waals surface area (Å²) in [5.41, 5.74) is 6.22. The summed E-state index contributed by atoms with van der Waals surface area (Å²) in [5.74, 6) is -0.766. The summed E-state index contributed by atoms with van der Waals surface area (Å²) in [5, 5.41) is 4.40. The van der Waals surface area contributed by atoms with Crippen LogP contribution in [0.5, 0.6) is 5.75 Å². The van der Waals surface area contributed by atoms with Gasteiger partial charge in [0.2, 0.25) is 0 Å². The Balaban J connectivity index is 2.26. The van der Waals surface area contributed by atoms with Gasteiger partial charge in [0.15, 0.2) is 11.6 Å². The van der Waals surface area contributed by atoms with Crippen molar-refractivity contribution < 1.29 is 14.4 Å². The van der Waals surface area contributed by atoms with E-state index in [-0.39, 0.29) is 27.2 Å². The van der Waals surface area contributed by atoms with Crippen molar-refractivity contribution >= 4 is 46.6 Å². The second-order valence-corrected chi connectivity index (χ2v) is 5.55. The highest BCUT2D eigenvalue weighted by atomic mass is 35.5. The zero-order chi connectivity index (χ0) is 17.0. The van der Waals surface area contributed by atoms with Gasteiger partial charge in [0.25, 0.3) is 0 Å². The molecule has 0 unspecified atom stereocenters. The van der Waals surface area contributed by atoms with Crippen molar-refractivity contribution in [1.29, 1.82) is 0 Å². The largest absolute Gasteiger partial charge is 0.494 e. The number of carbonyl (C=O) groups is 1. The van der Waals surface area contributed by atoms with Crippen molar-refractivity contribution in [2.24, 2.45) is 10.9 Å². The molecule has 2 aromatic rings. The minimum atomic E-state index is -0.848. The summed E-state index contributed by atoms with van der Waals surface area (Å²) in [6.45, 7) is 0. The maximum absolute atomic E-state index is 12.2. The molecule has 120 valence electrons. The number of hydrogen-bond acceptors (Lipinski definition) is 4. The SMILES string of the molecule is COc1c(Cl)ccc(Cl)c1C(=O)O/N=C(\N)c1cccc(Cl)c1. The topological polar surface area (TPSA) is 73.9 Å². The van der Waals surface area contributed by atoms with Gasteiger partial charge in [0.05, 0.1) is 17.2 Å². The Morgan fingerprint density at radius 2 is 1.83 bits per heavy atom. The number of amidine groups is 1. The first-order chi connectivity index (χ1) is 10.9. The number of rotatable bonds is 4. The molecule has 8 heteroatoms. The van der Waals surface area contributed by atoms with Crippen LogP contribution in [-0.2, 0) is 4.84 Å². The third kappa shape index (κ3) is 4.07. The van der Waals surface area contributed by atoms with E-state index in [0.29, 0.717) is 10.6 Å². The molecule has 0 spiro atoms. The molecule has 2 rings (SSSR count). The van der Waals surface area contributed by atoms with Gasteiger partial charge in [-0.3, -0.25) is 0 Å². The van der Waals surface area contributed by atoms with Crippen LogP contribution < -0.4 is 10.5 Å². The minimum Gasteiger partial charge on any atom is -0.494 e. The number of benzene rings is 2. The van der Waals surface area contributed by atoms with E-state index in [1.165, 1.54) is 19.2 Å². The highest BCUT2D eigenvalue weighted by molar-refractivity contribution is 6.37. The van der Waals surface area contributed by atoms with Crippen molar-refractivity contribution in [2.75, 3.05) is 7.11 Å². The third-order valence-electron chi connectivity index (χ3n) is 2.81. The second-order valence-electron chi connectivity index (χ2n) is 4.30. The first-order valence-electron chi connectivity index (χ1n) is 6.26. The van der Waals surface area contributed by atoms with Crippen LogP contribution in [-0.4, -0.2) is 18.9 Å². The predicted molar refractivity (Wildman–Crippen MR) is 90.6 cm³/mol. The van der Waals surface area contributed by atoms with Crippen LogP contribution in [0.4, 0.5) is 0 Å². The highest BCUT2D eigenvalue weighted by Gasteiger charge is 2.21. The van der Waals surface area contributed by atoms with Crippen LogP contribution in [0.2, 0.25) is 15.1 Å². The Labute approximate surface area is 147 Å². The van der Waals surface area contributed by atoms with Gasteiger partial charge in [-0.25, -0.2) is 4.79 Å². The normalized spacial score (nSPS) is 11.2. The number of halogens is 3. The number of carbonyl (C=O) groups excluding carboxylic acids is 1. The molecule has 2 aromatic carbocycles. The molecule has 0 saturated heterocycles. The molecule has 0 saturated carbocycles. The first-order valence-corrected chi connectivity index (χ1v) is 7.40. The molecule has 0 heterocycles. The smallest absolute Gasteiger partial charge is 0.371 e. The Hall–Kier alpha value is -1.95. The predicted octanol–water partition coefficient (Wildman–Crippen LogP) is 4.13. The quantitative estimate of drug-likeness (QED) is 0.378. The maximum Gasteiger partial charge on any atom is 0.371 e. The molecule has 0 amide bonds. The van der Waals surface area contributed by atoms with Crippen molar-refractivity contribution in [3.05, 3.63) is 62.6 Å². The summed E-state index contributed by atoms with van der Waals surface area (Å²) in [4.78, 5) is 17.0. The Kier molecular flexibility index (Phi) is 5.71. The van der Waals surface area contributed by atoms with Crippen LogP contribution in [0.3, 0.4) is 0 Å². The molecule has 0 atom stereocenters. The van der Waals surface area contributed by atoms with Gasteiger partial charge in [-0.05, 0) is 24.3 Å². The highest BCUT2D eigenvalue weighted by Crippen LogP contribution is 2.34. The van der Waals surface area contributed by atoms with Crippen molar-refractivity contribution in [2.45, 2.75) is 0 Å². The molecule has 0 aromatic heterocycles. The molecule has 0 aliphatic rings. The Morgan fingerprint density at radius 3 is 2.48 bits per heavy atom. The zero-order valence-corrected chi connectivity index (χ0v) is 14.1. The molecule has 0 bridgehead atoms. The van der Waals surface area contributed by atoms with E-state index < -0.39 is 5.97 Å². The number of oxime groups is 1. The average molecular weight is 374 g/mol. The first kappa shape index (κ1) is 17.4. The van der Waals surface area contributed by atoms with E-state index in [9.17, 15) is 4.79 Å². The van der Waals surface area contributed by atoms with Gasteiger partial charge in [-0.2, -0.15) is 0 Å². The lowest BCUT2D eigenvalue weighted by atomic mass is 10.2. The van der Waals surface area contributed by atoms with Crippen LogP contribution in [0.25, 0.3) is 0 Å². The summed E-state index contributed by atoms with van der Waals surface area (Å²) in [6.07, 6.45) is 0. The summed E-state index contributed by atoms with van der Waals surface area (Å²) < 4.78 is 5.07. The average Bonchev–Trinajstić information content (AvgIpc) is 2.54. The number of hydrogen-bond donors (Lipinski definition) is 1. The Bertz CT molecular complexity index is 779. The number of methoxy groups -OCH3 is 1. The molecular weight excluding hydrogens is 363 g/mol. The summed E-state index contributed by atoms with van der Waals surface area (Å²) in [6, 6.07) is 9.59. The van der Waals surface area contributed by atoms with Gasteiger partial charge in [0.1, 0.15) is 5.56 Å². The fraction of sp³-hybridized carbons (Fsp3) is 0.0667. The number of nitrogens with zero attached hydrogens (tertiary/aromatic N) is 1. The molecule has 5 nitrogen and oxygen atoms in total. The van der Waals surface area contributed by atoms with Gasteiger partial charge < -0.3 is 15.3 Å². The van der Waals surface area contributed by atoms with E-state index >= 15 is 0 Å². The molecule has 0 aliphatic carbocycles. The van der Waals surface area contributed by atoms with Gasteiger partial charge >= 0.3 is 5.97 Å². The molecule has 2 N–H and O–H groups in total. The standard InChI is InChI=1S/C15H11Cl3N2O3/c1-22-13-11(18)6-5-10(17)12(13)15(21)23-20-14(19)8-3-2-4-9(16)7-8/h2-7H,1H3,(H2,19,20). The van der Waals surface area contributed by atoms with Crippen molar-refractivity contribution in [3.8, 4) is 5.75 Å². The lowest BCUT2D eigenvalue weighted by Gasteiger charge is -2.09. The molecule has 0 fully saturated rings. The van der Waals surface area contributed by atoms with E-state index in [1.54, 1.807) is 24.3 Å². The fourth-order valence-corrected chi connectivity index (χ4v) is 2.41. The van der Waals surface area contributed by atoms with E-state index in [2.05, 4.69) is 5.16 Å². The van der Waals surface area contributed by atoms with Crippen LogP contribution in [0.1, 0.15) is 15.9 Å². The van der Waals surface area contributed by atoms with Crippen molar-refractivity contribution in [3.63, 3.8) is 0 Å². The third-order valence-corrected chi connectivity index (χ3v) is 3.66. The maximum atomic E-state index is 12.2. The number of ether oxygens (including phenoxy) is 1. The molecule has 0 aliphatic heterocycles.